The van der Waals surface area contributed by atoms with Crippen LogP contribution in [0, 0.1) is 0 Å². The molecule has 2 aliphatic heterocycles. The van der Waals surface area contributed by atoms with Crippen LogP contribution in [0.3, 0.4) is 0 Å². The second kappa shape index (κ2) is 4.63. The Morgan fingerprint density at radius 1 is 1.05 bits per heavy atom. The van der Waals surface area contributed by atoms with E-state index in [4.69, 9.17) is 0 Å². The Kier molecular flexibility index (Phi) is 2.93. The van der Waals surface area contributed by atoms with Crippen LogP contribution >= 0.6 is 26.5 Å². The van der Waals surface area contributed by atoms with Crippen molar-refractivity contribution in [2.45, 2.75) is 4.90 Å². The summed E-state index contributed by atoms with van der Waals surface area (Å²) in [5.74, 6) is 0.117. The number of aromatic hydroxyl groups is 1. The zero-order valence-corrected chi connectivity index (χ0v) is 13.6. The number of fused-ring (bicyclic) bond motifs is 2. The van der Waals surface area contributed by atoms with E-state index in [1.807, 2.05) is 24.3 Å². The van der Waals surface area contributed by atoms with E-state index >= 15 is 0 Å². The first-order chi connectivity index (χ1) is 10.5. The lowest BCUT2D eigenvalue weighted by Gasteiger charge is -2.29. The van der Waals surface area contributed by atoms with Crippen molar-refractivity contribution < 1.29 is 14.2 Å². The Bertz CT molecular complexity index is 901. The predicted octanol–water partition coefficient (Wildman–Crippen LogP) is 5.35. The van der Waals surface area contributed by atoms with E-state index in [0.29, 0.717) is 21.7 Å². The Hall–Kier alpha value is -1.73. The summed E-state index contributed by atoms with van der Waals surface area (Å²) in [6.45, 7) is 0. The minimum atomic E-state index is -3.02. The normalized spacial score (nSPS) is 16.9. The number of nitrogens with one attached hydrogen (secondary N) is 1. The van der Waals surface area contributed by atoms with Crippen LogP contribution in [-0.2, 0) is 0 Å². The van der Waals surface area contributed by atoms with Gasteiger partial charge in [0.25, 0.3) is 0 Å². The number of hydrogen-bond donors (Lipinski definition) is 4. The van der Waals surface area contributed by atoms with E-state index in [1.54, 1.807) is 18.2 Å². The third-order valence-electron chi connectivity index (χ3n) is 3.76. The monoisotopic (exact) mass is 377 g/mol. The largest absolute Gasteiger partial charge is 0.507 e. The van der Waals surface area contributed by atoms with Gasteiger partial charge in [0.2, 0.25) is 0 Å². The Morgan fingerprint density at radius 3 is 2.64 bits per heavy atom. The van der Waals surface area contributed by atoms with Crippen LogP contribution in [0.15, 0.2) is 51.2 Å². The molecule has 3 aliphatic rings. The van der Waals surface area contributed by atoms with Crippen molar-refractivity contribution in [1.82, 2.24) is 4.98 Å². The summed E-state index contributed by atoms with van der Waals surface area (Å²) in [4.78, 5) is 3.58. The number of halogens is 1. The summed E-state index contributed by atoms with van der Waals surface area (Å²) in [5.41, 5.74) is 3.48. The molecule has 1 aromatic carbocycles. The molecule has 2 heterocycles. The van der Waals surface area contributed by atoms with Gasteiger partial charge in [-0.25, -0.2) is 0 Å². The van der Waals surface area contributed by atoms with Crippen LogP contribution in [0.1, 0.15) is 5.69 Å². The molecule has 22 heavy (non-hydrogen) atoms. The van der Waals surface area contributed by atoms with Crippen LogP contribution in [-0.4, -0.2) is 19.2 Å². The number of hydrogen-bond acceptors (Lipinski definition) is 3. The first kappa shape index (κ1) is 13.9. The molecule has 0 unspecified atom stereocenters. The van der Waals surface area contributed by atoms with Crippen molar-refractivity contribution in [1.29, 1.82) is 0 Å². The van der Waals surface area contributed by atoms with Gasteiger partial charge in [0.15, 0.2) is 0 Å². The van der Waals surface area contributed by atoms with Gasteiger partial charge in [-0.15, -0.1) is 10.6 Å². The van der Waals surface area contributed by atoms with E-state index in [0.717, 1.165) is 15.7 Å². The van der Waals surface area contributed by atoms with Crippen LogP contribution in [0.2, 0.25) is 0 Å². The third kappa shape index (κ3) is 1.92. The molecule has 0 aromatic heterocycles. The summed E-state index contributed by atoms with van der Waals surface area (Å²) in [7, 11) is -3.02. The van der Waals surface area contributed by atoms with Crippen molar-refractivity contribution in [3.05, 3.63) is 52.0 Å². The topological polar surface area (TPSA) is 76.5 Å². The first-order valence-electron chi connectivity index (χ1n) is 6.57. The molecular formula is C16H12BrNO3S. The lowest BCUT2D eigenvalue weighted by molar-refractivity contribution is 0.479. The summed E-state index contributed by atoms with van der Waals surface area (Å²) in [6, 6.07) is 11.0. The molecule has 0 amide bonds. The fourth-order valence-electron chi connectivity index (χ4n) is 2.86. The molecule has 0 radical (unpaired) electrons. The molecule has 0 saturated carbocycles. The predicted molar refractivity (Wildman–Crippen MR) is 92.4 cm³/mol. The number of aromatic nitrogens is 1. The number of benzene rings is 1. The van der Waals surface area contributed by atoms with E-state index in [2.05, 4.69) is 20.9 Å². The second-order valence-corrected chi connectivity index (χ2v) is 7.94. The van der Waals surface area contributed by atoms with E-state index in [1.165, 1.54) is 5.41 Å². The van der Waals surface area contributed by atoms with Gasteiger partial charge in [-0.3, -0.25) is 9.11 Å². The molecule has 6 heteroatoms. The number of pyridine rings is 1. The smallest absolute Gasteiger partial charge is 0.125 e. The van der Waals surface area contributed by atoms with Crippen molar-refractivity contribution in [2.24, 2.45) is 0 Å². The maximum absolute atomic E-state index is 10.4. The summed E-state index contributed by atoms with van der Waals surface area (Å²) in [5, 5.41) is 11.6. The fraction of sp³-hybridized carbons (Fsp3) is 0. The van der Waals surface area contributed by atoms with Crippen LogP contribution in [0.5, 0.6) is 5.75 Å². The number of rotatable bonds is 1. The van der Waals surface area contributed by atoms with Gasteiger partial charge >= 0.3 is 0 Å². The first-order valence-corrected chi connectivity index (χ1v) is 8.97. The molecule has 0 saturated heterocycles. The van der Waals surface area contributed by atoms with Gasteiger partial charge in [0.1, 0.15) is 5.75 Å². The SMILES string of the molecule is Oc1ccc2[nH]c3c(c(-c4cccc(Br)c4)c1-2)S(O)(O)C=C3. The Balaban J connectivity index is 2.16. The molecule has 0 atom stereocenters. The van der Waals surface area contributed by atoms with E-state index in [9.17, 15) is 14.2 Å². The minimum Gasteiger partial charge on any atom is -0.507 e. The van der Waals surface area contributed by atoms with Crippen molar-refractivity contribution in [2.75, 3.05) is 0 Å². The van der Waals surface area contributed by atoms with Gasteiger partial charge in [-0.05, 0) is 35.9 Å². The van der Waals surface area contributed by atoms with Crippen LogP contribution in [0.25, 0.3) is 28.5 Å². The summed E-state index contributed by atoms with van der Waals surface area (Å²) < 4.78 is 21.7. The number of H-pyrrole nitrogens is 1. The highest BCUT2D eigenvalue weighted by Gasteiger charge is 2.31. The highest BCUT2D eigenvalue weighted by Crippen LogP contribution is 2.62. The van der Waals surface area contributed by atoms with Gasteiger partial charge < -0.3 is 10.1 Å². The zero-order valence-electron chi connectivity index (χ0n) is 11.2. The molecular weight excluding hydrogens is 366 g/mol. The van der Waals surface area contributed by atoms with Crippen LogP contribution < -0.4 is 0 Å². The Morgan fingerprint density at radius 2 is 1.86 bits per heavy atom. The second-order valence-electron chi connectivity index (χ2n) is 5.16. The Labute approximate surface area is 136 Å². The van der Waals surface area contributed by atoms with Crippen molar-refractivity contribution in [3.63, 3.8) is 0 Å². The highest BCUT2D eigenvalue weighted by molar-refractivity contribution is 9.10. The highest BCUT2D eigenvalue weighted by atomic mass is 79.9. The molecule has 0 fully saturated rings. The van der Waals surface area contributed by atoms with Gasteiger partial charge in [-0.1, -0.05) is 28.1 Å². The maximum Gasteiger partial charge on any atom is 0.125 e. The van der Waals surface area contributed by atoms with Crippen molar-refractivity contribution >= 4 is 32.6 Å². The van der Waals surface area contributed by atoms with Gasteiger partial charge in [0, 0.05) is 21.0 Å². The third-order valence-corrected chi connectivity index (χ3v) is 5.80. The van der Waals surface area contributed by atoms with Crippen LogP contribution in [0.4, 0.5) is 0 Å². The zero-order chi connectivity index (χ0) is 15.5. The molecule has 0 spiro atoms. The average molecular weight is 378 g/mol. The lowest BCUT2D eigenvalue weighted by atomic mass is 9.98. The lowest BCUT2D eigenvalue weighted by Crippen LogP contribution is -2.01. The molecule has 1 aromatic rings. The molecule has 1 aliphatic carbocycles. The average Bonchev–Trinajstić information content (AvgIpc) is 2.99. The maximum atomic E-state index is 10.4. The minimum absolute atomic E-state index is 0.117. The summed E-state index contributed by atoms with van der Waals surface area (Å²) in [6.07, 6.45) is 1.68. The molecule has 4 nitrogen and oxygen atoms in total. The molecule has 0 bridgehead atoms. The summed E-state index contributed by atoms with van der Waals surface area (Å²) >= 11 is 3.44. The van der Waals surface area contributed by atoms with E-state index in [-0.39, 0.29) is 5.75 Å². The molecule has 4 N–H and O–H groups in total. The van der Waals surface area contributed by atoms with Crippen molar-refractivity contribution in [3.8, 4) is 28.1 Å². The molecule has 4 rings (SSSR count). The van der Waals surface area contributed by atoms with E-state index < -0.39 is 10.6 Å². The van der Waals surface area contributed by atoms with Gasteiger partial charge in [0.05, 0.1) is 16.3 Å². The fourth-order valence-corrected chi connectivity index (χ4v) is 4.69. The standard InChI is InChI=1S/C16H12BrNO3S/c17-10-3-1-2-9(8-10)14-15-11(4-5-13(15)19)18-12-6-7-22(20,21)16(12)14/h1-8,18-21H. The molecule has 112 valence electrons. The van der Waals surface area contributed by atoms with Gasteiger partial charge in [-0.2, -0.15) is 0 Å². The number of aromatic amines is 1. The quantitative estimate of drug-likeness (QED) is 0.461.